The number of hydrogen-bond acceptors (Lipinski definition) is 3. The molecule has 1 aliphatic heterocycles. The first-order valence-corrected chi connectivity index (χ1v) is 6.84. The van der Waals surface area contributed by atoms with Gasteiger partial charge in [0.1, 0.15) is 0 Å². The van der Waals surface area contributed by atoms with Crippen LogP contribution in [0.2, 0.25) is 0 Å². The Kier molecular flexibility index (Phi) is 4.74. The predicted octanol–water partition coefficient (Wildman–Crippen LogP) is 1.54. The highest BCUT2D eigenvalue weighted by molar-refractivity contribution is 6.39. The smallest absolute Gasteiger partial charge is 0.313 e. The van der Waals surface area contributed by atoms with Gasteiger partial charge in [0.25, 0.3) is 0 Å². The number of rotatable bonds is 3. The zero-order chi connectivity index (χ0) is 14.5. The summed E-state index contributed by atoms with van der Waals surface area (Å²) in [5.74, 6) is -1.27. The van der Waals surface area contributed by atoms with Crippen molar-refractivity contribution < 1.29 is 14.3 Å². The molecule has 0 aromatic heterocycles. The molecule has 0 unspecified atom stereocenters. The Morgan fingerprint density at radius 3 is 2.75 bits per heavy atom. The summed E-state index contributed by atoms with van der Waals surface area (Å²) in [5.41, 5.74) is 2.71. The second-order valence-corrected chi connectivity index (χ2v) is 5.12. The summed E-state index contributed by atoms with van der Waals surface area (Å²) in [7, 11) is 0. The molecule has 1 fully saturated rings. The molecule has 20 heavy (non-hydrogen) atoms. The molecule has 0 bridgehead atoms. The van der Waals surface area contributed by atoms with Crippen LogP contribution in [0.5, 0.6) is 0 Å². The Hall–Kier alpha value is -1.88. The highest BCUT2D eigenvalue weighted by Crippen LogP contribution is 2.15. The number of hydrogen-bond donors (Lipinski definition) is 2. The zero-order valence-corrected chi connectivity index (χ0v) is 11.9. The van der Waals surface area contributed by atoms with Crippen LogP contribution in [0.4, 0.5) is 5.69 Å². The van der Waals surface area contributed by atoms with E-state index in [1.165, 1.54) is 0 Å². The minimum atomic E-state index is -0.644. The highest BCUT2D eigenvalue weighted by atomic mass is 16.5. The monoisotopic (exact) mass is 276 g/mol. The van der Waals surface area contributed by atoms with Crippen LogP contribution >= 0.6 is 0 Å². The Bertz CT molecular complexity index is 508. The highest BCUT2D eigenvalue weighted by Gasteiger charge is 2.19. The number of benzene rings is 1. The molecule has 1 aromatic rings. The third-order valence-corrected chi connectivity index (χ3v) is 3.35. The molecule has 1 saturated heterocycles. The Balaban J connectivity index is 1.85. The third-order valence-electron chi connectivity index (χ3n) is 3.35. The van der Waals surface area contributed by atoms with Crippen LogP contribution in [0.1, 0.15) is 24.0 Å². The lowest BCUT2D eigenvalue weighted by Gasteiger charge is -2.12. The van der Waals surface area contributed by atoms with Crippen molar-refractivity contribution >= 4 is 17.5 Å². The van der Waals surface area contributed by atoms with Crippen molar-refractivity contribution in [3.8, 4) is 0 Å². The topological polar surface area (TPSA) is 67.4 Å². The molecule has 0 spiro atoms. The number of amides is 2. The van der Waals surface area contributed by atoms with Crippen LogP contribution in [-0.4, -0.2) is 31.1 Å². The lowest BCUT2D eigenvalue weighted by molar-refractivity contribution is -0.136. The Labute approximate surface area is 118 Å². The second-order valence-electron chi connectivity index (χ2n) is 5.12. The van der Waals surface area contributed by atoms with Crippen molar-refractivity contribution in [3.05, 3.63) is 29.3 Å². The molecule has 2 rings (SSSR count). The Morgan fingerprint density at radius 1 is 1.30 bits per heavy atom. The van der Waals surface area contributed by atoms with Crippen LogP contribution in [0.15, 0.2) is 18.2 Å². The molecule has 0 aliphatic carbocycles. The number of carbonyl (C=O) groups excluding carboxylic acids is 2. The first kappa shape index (κ1) is 14.5. The molecular formula is C15H20N2O3. The third kappa shape index (κ3) is 3.81. The van der Waals surface area contributed by atoms with E-state index in [4.69, 9.17) is 4.74 Å². The van der Waals surface area contributed by atoms with Gasteiger partial charge in [-0.1, -0.05) is 17.7 Å². The van der Waals surface area contributed by atoms with Crippen molar-refractivity contribution in [1.29, 1.82) is 0 Å². The summed E-state index contributed by atoms with van der Waals surface area (Å²) in [4.78, 5) is 23.5. The fourth-order valence-corrected chi connectivity index (χ4v) is 2.23. The van der Waals surface area contributed by atoms with Gasteiger partial charge in [0.05, 0.1) is 6.10 Å². The quantitative estimate of drug-likeness (QED) is 0.823. The SMILES string of the molecule is Cc1ccc(NC(=O)C(=O)NC[C@H]2CCCO2)c(C)c1. The summed E-state index contributed by atoms with van der Waals surface area (Å²) in [6, 6.07) is 5.66. The van der Waals surface area contributed by atoms with Crippen molar-refractivity contribution in [2.24, 2.45) is 0 Å². The number of anilines is 1. The van der Waals surface area contributed by atoms with E-state index in [9.17, 15) is 9.59 Å². The van der Waals surface area contributed by atoms with Gasteiger partial charge in [-0.3, -0.25) is 9.59 Å². The molecule has 108 valence electrons. The molecule has 1 aliphatic rings. The number of aryl methyl sites for hydroxylation is 2. The molecule has 1 atom stereocenters. The number of nitrogens with one attached hydrogen (secondary N) is 2. The van der Waals surface area contributed by atoms with Gasteiger partial charge in [0.2, 0.25) is 0 Å². The summed E-state index contributed by atoms with van der Waals surface area (Å²) >= 11 is 0. The van der Waals surface area contributed by atoms with Crippen molar-refractivity contribution in [2.75, 3.05) is 18.5 Å². The molecule has 0 saturated carbocycles. The van der Waals surface area contributed by atoms with Crippen LogP contribution < -0.4 is 10.6 Å². The fourth-order valence-electron chi connectivity index (χ4n) is 2.23. The number of ether oxygens (including phenoxy) is 1. The predicted molar refractivity (Wildman–Crippen MR) is 76.5 cm³/mol. The molecule has 2 amide bonds. The normalized spacial score (nSPS) is 17.8. The molecule has 5 nitrogen and oxygen atoms in total. The molecule has 1 aromatic carbocycles. The maximum absolute atomic E-state index is 11.8. The zero-order valence-electron chi connectivity index (χ0n) is 11.9. The summed E-state index contributed by atoms with van der Waals surface area (Å²) < 4.78 is 5.39. The largest absolute Gasteiger partial charge is 0.376 e. The van der Waals surface area contributed by atoms with Gasteiger partial charge in [-0.05, 0) is 38.3 Å². The summed E-state index contributed by atoms with van der Waals surface area (Å²) in [6.07, 6.45) is 1.97. The Morgan fingerprint density at radius 2 is 2.10 bits per heavy atom. The van der Waals surface area contributed by atoms with E-state index in [2.05, 4.69) is 10.6 Å². The van der Waals surface area contributed by atoms with Gasteiger partial charge in [0.15, 0.2) is 0 Å². The van der Waals surface area contributed by atoms with Gasteiger partial charge >= 0.3 is 11.8 Å². The van der Waals surface area contributed by atoms with E-state index >= 15 is 0 Å². The summed E-state index contributed by atoms with van der Waals surface area (Å²) in [5, 5.41) is 5.22. The number of carbonyl (C=O) groups is 2. The van der Waals surface area contributed by atoms with Crippen LogP contribution in [-0.2, 0) is 14.3 Å². The average Bonchev–Trinajstić information content (AvgIpc) is 2.92. The molecule has 1 heterocycles. The first-order chi connectivity index (χ1) is 9.56. The van der Waals surface area contributed by atoms with Crippen LogP contribution in [0.3, 0.4) is 0 Å². The average molecular weight is 276 g/mol. The van der Waals surface area contributed by atoms with E-state index in [0.717, 1.165) is 30.6 Å². The maximum Gasteiger partial charge on any atom is 0.313 e. The molecule has 0 radical (unpaired) electrons. The minimum Gasteiger partial charge on any atom is -0.376 e. The van der Waals surface area contributed by atoms with Gasteiger partial charge in [-0.25, -0.2) is 0 Å². The van der Waals surface area contributed by atoms with Gasteiger partial charge < -0.3 is 15.4 Å². The summed E-state index contributed by atoms with van der Waals surface area (Å²) in [6.45, 7) is 4.99. The van der Waals surface area contributed by atoms with Gasteiger partial charge in [-0.2, -0.15) is 0 Å². The van der Waals surface area contributed by atoms with Crippen molar-refractivity contribution in [2.45, 2.75) is 32.8 Å². The van der Waals surface area contributed by atoms with Crippen LogP contribution in [0, 0.1) is 13.8 Å². The van der Waals surface area contributed by atoms with E-state index in [0.29, 0.717) is 12.2 Å². The van der Waals surface area contributed by atoms with Crippen molar-refractivity contribution in [3.63, 3.8) is 0 Å². The van der Waals surface area contributed by atoms with E-state index < -0.39 is 11.8 Å². The maximum atomic E-state index is 11.8. The van der Waals surface area contributed by atoms with E-state index in [-0.39, 0.29) is 6.10 Å². The molecule has 5 heteroatoms. The van der Waals surface area contributed by atoms with Crippen molar-refractivity contribution in [1.82, 2.24) is 5.32 Å². The second kappa shape index (κ2) is 6.52. The first-order valence-electron chi connectivity index (χ1n) is 6.84. The lowest BCUT2D eigenvalue weighted by atomic mass is 10.1. The molecular weight excluding hydrogens is 256 g/mol. The lowest BCUT2D eigenvalue weighted by Crippen LogP contribution is -2.39. The van der Waals surface area contributed by atoms with Gasteiger partial charge in [0, 0.05) is 18.8 Å². The van der Waals surface area contributed by atoms with E-state index in [1.54, 1.807) is 6.07 Å². The van der Waals surface area contributed by atoms with Crippen LogP contribution in [0.25, 0.3) is 0 Å². The standard InChI is InChI=1S/C15H20N2O3/c1-10-5-6-13(11(2)8-10)17-15(19)14(18)16-9-12-4-3-7-20-12/h5-6,8,12H,3-4,7,9H2,1-2H3,(H,16,18)(H,17,19)/t12-/m1/s1. The minimum absolute atomic E-state index is 0.0351. The van der Waals surface area contributed by atoms with E-state index in [1.807, 2.05) is 26.0 Å². The molecule has 2 N–H and O–H groups in total. The fraction of sp³-hybridized carbons (Fsp3) is 0.467. The van der Waals surface area contributed by atoms with Gasteiger partial charge in [-0.15, -0.1) is 0 Å².